The van der Waals surface area contributed by atoms with E-state index in [1.54, 1.807) is 0 Å². The normalized spacial score (nSPS) is 18.6. The van der Waals surface area contributed by atoms with Crippen LogP contribution in [0.3, 0.4) is 0 Å². The van der Waals surface area contributed by atoms with Crippen molar-refractivity contribution >= 4 is 11.4 Å². The predicted octanol–water partition coefficient (Wildman–Crippen LogP) is 4.33. The molecule has 0 amide bonds. The summed E-state index contributed by atoms with van der Waals surface area (Å²) < 4.78 is 0. The fourth-order valence-electron chi connectivity index (χ4n) is 2.88. The van der Waals surface area contributed by atoms with E-state index in [9.17, 15) is 0 Å². The van der Waals surface area contributed by atoms with Crippen molar-refractivity contribution in [2.45, 2.75) is 20.3 Å². The standard InChI is InChI=1S/C17H19N/c1-13-11-16-14(2)7-6-10-17(16)18(12-13)15-8-4-3-5-9-15/h3-10,13H,11-12H2,1-2H3. The van der Waals surface area contributed by atoms with E-state index in [0.717, 1.165) is 6.54 Å². The van der Waals surface area contributed by atoms with Crippen molar-refractivity contribution in [3.63, 3.8) is 0 Å². The summed E-state index contributed by atoms with van der Waals surface area (Å²) in [7, 11) is 0. The average Bonchev–Trinajstić information content (AvgIpc) is 2.40. The maximum atomic E-state index is 2.45. The molecule has 18 heavy (non-hydrogen) atoms. The topological polar surface area (TPSA) is 3.24 Å². The lowest BCUT2D eigenvalue weighted by Gasteiger charge is -2.35. The molecule has 0 spiro atoms. The van der Waals surface area contributed by atoms with Gasteiger partial charge in [0.25, 0.3) is 0 Å². The summed E-state index contributed by atoms with van der Waals surface area (Å²) in [6, 6.07) is 17.3. The van der Waals surface area contributed by atoms with Gasteiger partial charge in [-0.15, -0.1) is 0 Å². The van der Waals surface area contributed by atoms with Crippen LogP contribution >= 0.6 is 0 Å². The van der Waals surface area contributed by atoms with Crippen LogP contribution in [-0.4, -0.2) is 6.54 Å². The molecule has 2 aromatic carbocycles. The monoisotopic (exact) mass is 237 g/mol. The molecule has 2 aromatic rings. The highest BCUT2D eigenvalue weighted by molar-refractivity contribution is 5.69. The molecule has 0 bridgehead atoms. The van der Waals surface area contributed by atoms with Crippen LogP contribution in [0.2, 0.25) is 0 Å². The highest BCUT2D eigenvalue weighted by Gasteiger charge is 2.23. The first kappa shape index (κ1) is 11.3. The van der Waals surface area contributed by atoms with Crippen molar-refractivity contribution in [3.05, 3.63) is 59.7 Å². The van der Waals surface area contributed by atoms with Crippen LogP contribution in [0.15, 0.2) is 48.5 Å². The second-order valence-corrected chi connectivity index (χ2v) is 5.33. The zero-order valence-electron chi connectivity index (χ0n) is 11.1. The van der Waals surface area contributed by atoms with Gasteiger partial charge >= 0.3 is 0 Å². The largest absolute Gasteiger partial charge is 0.341 e. The molecule has 1 atom stereocenters. The molecule has 0 fully saturated rings. The van der Waals surface area contributed by atoms with E-state index in [4.69, 9.17) is 0 Å². The number of aryl methyl sites for hydroxylation is 1. The summed E-state index contributed by atoms with van der Waals surface area (Å²) >= 11 is 0. The van der Waals surface area contributed by atoms with Gasteiger partial charge in [0.15, 0.2) is 0 Å². The lowest BCUT2D eigenvalue weighted by Crippen LogP contribution is -2.30. The molecule has 1 heteroatoms. The number of hydrogen-bond donors (Lipinski definition) is 0. The minimum atomic E-state index is 0.707. The van der Waals surface area contributed by atoms with Crippen LogP contribution < -0.4 is 4.90 Å². The Bertz CT molecular complexity index is 545. The van der Waals surface area contributed by atoms with Crippen molar-refractivity contribution in [2.24, 2.45) is 5.92 Å². The number of para-hydroxylation sites is 1. The van der Waals surface area contributed by atoms with E-state index in [2.05, 4.69) is 67.3 Å². The molecule has 0 radical (unpaired) electrons. The Hall–Kier alpha value is -1.76. The van der Waals surface area contributed by atoms with E-state index in [1.807, 2.05) is 0 Å². The molecule has 1 heterocycles. The van der Waals surface area contributed by atoms with Gasteiger partial charge in [-0.3, -0.25) is 0 Å². The van der Waals surface area contributed by atoms with E-state index in [0.29, 0.717) is 5.92 Å². The quantitative estimate of drug-likeness (QED) is 0.713. The van der Waals surface area contributed by atoms with Crippen molar-refractivity contribution in [2.75, 3.05) is 11.4 Å². The first-order valence-electron chi connectivity index (χ1n) is 6.67. The summed E-state index contributed by atoms with van der Waals surface area (Å²) in [6.45, 7) is 5.67. The maximum Gasteiger partial charge on any atom is 0.0446 e. The number of nitrogens with zero attached hydrogens (tertiary/aromatic N) is 1. The number of fused-ring (bicyclic) bond motifs is 1. The highest BCUT2D eigenvalue weighted by Crippen LogP contribution is 2.36. The average molecular weight is 237 g/mol. The summed E-state index contributed by atoms with van der Waals surface area (Å²) in [6.07, 6.45) is 1.20. The summed E-state index contributed by atoms with van der Waals surface area (Å²) in [5.41, 5.74) is 5.62. The highest BCUT2D eigenvalue weighted by atomic mass is 15.1. The van der Waals surface area contributed by atoms with Gasteiger partial charge in [0.2, 0.25) is 0 Å². The van der Waals surface area contributed by atoms with Crippen LogP contribution in [0, 0.1) is 12.8 Å². The molecule has 0 aromatic heterocycles. The molecule has 0 saturated carbocycles. The number of hydrogen-bond acceptors (Lipinski definition) is 1. The third-order valence-electron chi connectivity index (χ3n) is 3.79. The Morgan fingerprint density at radius 3 is 2.56 bits per heavy atom. The van der Waals surface area contributed by atoms with E-state index in [-0.39, 0.29) is 0 Å². The minimum absolute atomic E-state index is 0.707. The Morgan fingerprint density at radius 1 is 1.00 bits per heavy atom. The maximum absolute atomic E-state index is 2.45. The predicted molar refractivity (Wildman–Crippen MR) is 77.5 cm³/mol. The van der Waals surface area contributed by atoms with Crippen molar-refractivity contribution in [1.29, 1.82) is 0 Å². The van der Waals surface area contributed by atoms with Crippen LogP contribution in [0.4, 0.5) is 11.4 Å². The Balaban J connectivity index is 2.11. The summed E-state index contributed by atoms with van der Waals surface area (Å²) in [4.78, 5) is 2.45. The zero-order valence-corrected chi connectivity index (χ0v) is 11.1. The van der Waals surface area contributed by atoms with Gasteiger partial charge in [0, 0.05) is 17.9 Å². The lowest BCUT2D eigenvalue weighted by atomic mass is 9.90. The molecule has 1 aliphatic heterocycles. The summed E-state index contributed by atoms with van der Waals surface area (Å²) in [5.74, 6) is 0.707. The smallest absolute Gasteiger partial charge is 0.0446 e. The first-order valence-corrected chi connectivity index (χ1v) is 6.67. The minimum Gasteiger partial charge on any atom is -0.341 e. The lowest BCUT2D eigenvalue weighted by molar-refractivity contribution is 0.560. The van der Waals surface area contributed by atoms with Crippen LogP contribution in [0.1, 0.15) is 18.1 Å². The Morgan fingerprint density at radius 2 is 1.78 bits per heavy atom. The summed E-state index contributed by atoms with van der Waals surface area (Å²) in [5, 5.41) is 0. The van der Waals surface area contributed by atoms with Crippen molar-refractivity contribution in [1.82, 2.24) is 0 Å². The molecule has 92 valence electrons. The van der Waals surface area contributed by atoms with Crippen LogP contribution in [0.5, 0.6) is 0 Å². The Kier molecular flexibility index (Phi) is 2.83. The van der Waals surface area contributed by atoms with Gasteiger partial charge in [-0.05, 0) is 48.6 Å². The number of benzene rings is 2. The number of rotatable bonds is 1. The van der Waals surface area contributed by atoms with E-state index in [1.165, 1.54) is 28.9 Å². The fourth-order valence-corrected chi connectivity index (χ4v) is 2.88. The fraction of sp³-hybridized carbons (Fsp3) is 0.294. The van der Waals surface area contributed by atoms with Gasteiger partial charge in [0.1, 0.15) is 0 Å². The van der Waals surface area contributed by atoms with Crippen molar-refractivity contribution in [3.8, 4) is 0 Å². The third kappa shape index (κ3) is 1.90. The molecule has 0 N–H and O–H groups in total. The van der Waals surface area contributed by atoms with Gasteiger partial charge < -0.3 is 4.90 Å². The van der Waals surface area contributed by atoms with Gasteiger partial charge in [-0.25, -0.2) is 0 Å². The Labute approximate surface area is 109 Å². The van der Waals surface area contributed by atoms with Crippen LogP contribution in [-0.2, 0) is 6.42 Å². The van der Waals surface area contributed by atoms with Crippen molar-refractivity contribution < 1.29 is 0 Å². The third-order valence-corrected chi connectivity index (χ3v) is 3.79. The molecule has 0 aliphatic carbocycles. The molecular weight excluding hydrogens is 218 g/mol. The first-order chi connectivity index (χ1) is 8.75. The number of anilines is 2. The zero-order chi connectivity index (χ0) is 12.5. The van der Waals surface area contributed by atoms with Crippen LogP contribution in [0.25, 0.3) is 0 Å². The second-order valence-electron chi connectivity index (χ2n) is 5.33. The molecule has 3 rings (SSSR count). The molecule has 1 aliphatic rings. The second kappa shape index (κ2) is 4.49. The van der Waals surface area contributed by atoms with E-state index < -0.39 is 0 Å². The molecular formula is C17H19N. The molecule has 1 nitrogen and oxygen atoms in total. The SMILES string of the molecule is Cc1cccc2c1CC(C)CN2c1ccccc1. The molecule has 0 saturated heterocycles. The van der Waals surface area contributed by atoms with Gasteiger partial charge in [-0.1, -0.05) is 37.3 Å². The van der Waals surface area contributed by atoms with E-state index >= 15 is 0 Å². The molecule has 1 unspecified atom stereocenters. The van der Waals surface area contributed by atoms with Gasteiger partial charge in [0.05, 0.1) is 0 Å². The van der Waals surface area contributed by atoms with Gasteiger partial charge in [-0.2, -0.15) is 0 Å².